The predicted molar refractivity (Wildman–Crippen MR) is 92.9 cm³/mol. The second kappa shape index (κ2) is 6.65. The third-order valence-corrected chi connectivity index (χ3v) is 3.63. The van der Waals surface area contributed by atoms with E-state index in [9.17, 15) is 9.90 Å². The molecule has 2 rings (SSSR count). The minimum Gasteiger partial charge on any atom is -0.507 e. The van der Waals surface area contributed by atoms with Crippen LogP contribution in [0.4, 0.5) is 0 Å². The summed E-state index contributed by atoms with van der Waals surface area (Å²) in [6, 6.07) is 14.4. The summed E-state index contributed by atoms with van der Waals surface area (Å²) in [5, 5.41) is 13.8. The molecule has 0 aliphatic carbocycles. The van der Waals surface area contributed by atoms with Gasteiger partial charge in [-0.2, -0.15) is 5.10 Å². The largest absolute Gasteiger partial charge is 0.507 e. The quantitative estimate of drug-likeness (QED) is 0.668. The van der Waals surface area contributed by atoms with Gasteiger partial charge in [-0.1, -0.05) is 45.0 Å². The van der Waals surface area contributed by atoms with Gasteiger partial charge in [0.25, 0.3) is 5.91 Å². The summed E-state index contributed by atoms with van der Waals surface area (Å²) in [6.07, 6.45) is 0. The lowest BCUT2D eigenvalue weighted by atomic mass is 9.87. The molecule has 0 bridgehead atoms. The highest BCUT2D eigenvalue weighted by Crippen LogP contribution is 2.22. The number of para-hydroxylation sites is 1. The molecule has 0 heterocycles. The predicted octanol–water partition coefficient (Wildman–Crippen LogP) is 3.84. The number of aromatic hydroxyl groups is 1. The van der Waals surface area contributed by atoms with E-state index in [1.165, 1.54) is 5.56 Å². The molecule has 0 aromatic heterocycles. The molecule has 2 N–H and O–H groups in total. The lowest BCUT2D eigenvalue weighted by molar-refractivity contribution is 0.0954. The van der Waals surface area contributed by atoms with E-state index in [0.717, 1.165) is 0 Å². The van der Waals surface area contributed by atoms with Crippen molar-refractivity contribution in [2.45, 2.75) is 33.1 Å². The zero-order valence-electron chi connectivity index (χ0n) is 13.9. The highest BCUT2D eigenvalue weighted by atomic mass is 16.3. The van der Waals surface area contributed by atoms with Crippen molar-refractivity contribution in [1.29, 1.82) is 0 Å². The lowest BCUT2D eigenvalue weighted by Crippen LogP contribution is -2.20. The van der Waals surface area contributed by atoms with Gasteiger partial charge in [0.05, 0.1) is 5.71 Å². The maximum Gasteiger partial charge on any atom is 0.271 e. The van der Waals surface area contributed by atoms with E-state index in [1.54, 1.807) is 43.3 Å². The first-order valence-electron chi connectivity index (χ1n) is 7.52. The summed E-state index contributed by atoms with van der Waals surface area (Å²) < 4.78 is 0. The Morgan fingerprint density at radius 1 is 1.04 bits per heavy atom. The first kappa shape index (κ1) is 16.7. The molecular weight excluding hydrogens is 288 g/mol. The van der Waals surface area contributed by atoms with E-state index >= 15 is 0 Å². The standard InChI is InChI=1S/C19H22N2O2/c1-13(16-7-5-6-8-17(16)22)20-21-18(23)14-9-11-15(12-10-14)19(2,3)4/h5-12,22H,1-4H3,(H,21,23)/b20-13+. The van der Waals surface area contributed by atoms with E-state index in [4.69, 9.17) is 0 Å². The summed E-state index contributed by atoms with van der Waals surface area (Å²) in [4.78, 5) is 12.1. The molecule has 4 heteroatoms. The van der Waals surface area contributed by atoms with Gasteiger partial charge in [-0.25, -0.2) is 5.43 Å². The molecule has 0 radical (unpaired) electrons. The molecule has 0 atom stereocenters. The number of carbonyl (C=O) groups is 1. The van der Waals surface area contributed by atoms with Crippen LogP contribution in [-0.2, 0) is 5.41 Å². The molecular formula is C19H22N2O2. The highest BCUT2D eigenvalue weighted by molar-refractivity contribution is 6.02. The number of phenolic OH excluding ortho intramolecular Hbond substituents is 1. The van der Waals surface area contributed by atoms with Crippen molar-refractivity contribution in [1.82, 2.24) is 5.43 Å². The van der Waals surface area contributed by atoms with Crippen molar-refractivity contribution in [3.63, 3.8) is 0 Å². The summed E-state index contributed by atoms with van der Waals surface area (Å²) in [6.45, 7) is 8.12. The van der Waals surface area contributed by atoms with Crippen molar-refractivity contribution >= 4 is 11.6 Å². The number of hydrogen-bond donors (Lipinski definition) is 2. The average Bonchev–Trinajstić information content (AvgIpc) is 2.52. The van der Waals surface area contributed by atoms with E-state index in [-0.39, 0.29) is 17.1 Å². The fourth-order valence-electron chi connectivity index (χ4n) is 2.16. The van der Waals surface area contributed by atoms with Crippen LogP contribution < -0.4 is 5.43 Å². The van der Waals surface area contributed by atoms with Crippen LogP contribution in [0.15, 0.2) is 53.6 Å². The van der Waals surface area contributed by atoms with Gasteiger partial charge in [-0.05, 0) is 42.2 Å². The Kier molecular flexibility index (Phi) is 4.84. The van der Waals surface area contributed by atoms with Gasteiger partial charge in [0, 0.05) is 11.1 Å². The molecule has 23 heavy (non-hydrogen) atoms. The summed E-state index contributed by atoms with van der Waals surface area (Å²) in [7, 11) is 0. The van der Waals surface area contributed by atoms with Crippen molar-refractivity contribution < 1.29 is 9.90 Å². The van der Waals surface area contributed by atoms with Crippen molar-refractivity contribution in [3.8, 4) is 5.75 Å². The van der Waals surface area contributed by atoms with Gasteiger partial charge in [0.15, 0.2) is 0 Å². The van der Waals surface area contributed by atoms with Gasteiger partial charge < -0.3 is 5.11 Å². The molecule has 4 nitrogen and oxygen atoms in total. The number of benzene rings is 2. The number of nitrogens with zero attached hydrogens (tertiary/aromatic N) is 1. The van der Waals surface area contributed by atoms with Gasteiger partial charge in [-0.15, -0.1) is 0 Å². The first-order valence-corrected chi connectivity index (χ1v) is 7.52. The molecule has 120 valence electrons. The van der Waals surface area contributed by atoms with E-state index in [0.29, 0.717) is 16.8 Å². The SMILES string of the molecule is C/C(=N\NC(=O)c1ccc(C(C)(C)C)cc1)c1ccccc1O. The van der Waals surface area contributed by atoms with Crippen LogP contribution >= 0.6 is 0 Å². The van der Waals surface area contributed by atoms with Crippen LogP contribution in [0.2, 0.25) is 0 Å². The lowest BCUT2D eigenvalue weighted by Gasteiger charge is -2.18. The van der Waals surface area contributed by atoms with Crippen LogP contribution in [0.25, 0.3) is 0 Å². The molecule has 0 aliphatic heterocycles. The third kappa shape index (κ3) is 4.19. The fourth-order valence-corrected chi connectivity index (χ4v) is 2.16. The topological polar surface area (TPSA) is 61.7 Å². The minimum absolute atomic E-state index is 0.0502. The first-order chi connectivity index (χ1) is 10.8. The number of hydrazone groups is 1. The molecule has 0 spiro atoms. The van der Waals surface area contributed by atoms with Crippen LogP contribution in [0, 0.1) is 0 Å². The molecule has 0 saturated heterocycles. The Morgan fingerprint density at radius 3 is 2.22 bits per heavy atom. The molecule has 0 unspecified atom stereocenters. The molecule has 2 aromatic carbocycles. The van der Waals surface area contributed by atoms with Crippen LogP contribution in [0.3, 0.4) is 0 Å². The zero-order chi connectivity index (χ0) is 17.0. The minimum atomic E-state index is -0.278. The van der Waals surface area contributed by atoms with E-state index in [1.807, 2.05) is 12.1 Å². The molecule has 0 aliphatic rings. The number of hydrogen-bond acceptors (Lipinski definition) is 3. The van der Waals surface area contributed by atoms with Crippen LogP contribution in [0.1, 0.15) is 49.2 Å². The molecule has 0 fully saturated rings. The Bertz CT molecular complexity index is 726. The van der Waals surface area contributed by atoms with Crippen molar-refractivity contribution in [2.24, 2.45) is 5.10 Å². The fraction of sp³-hybridized carbons (Fsp3) is 0.263. The molecule has 2 aromatic rings. The number of carbonyl (C=O) groups excluding carboxylic acids is 1. The second-order valence-corrected chi connectivity index (χ2v) is 6.48. The van der Waals surface area contributed by atoms with Gasteiger partial charge in [-0.3, -0.25) is 4.79 Å². The third-order valence-electron chi connectivity index (χ3n) is 3.63. The summed E-state index contributed by atoms with van der Waals surface area (Å²) in [5.74, 6) is -0.141. The maximum atomic E-state index is 12.1. The maximum absolute atomic E-state index is 12.1. The number of nitrogens with one attached hydrogen (secondary N) is 1. The van der Waals surface area contributed by atoms with Crippen molar-refractivity contribution in [3.05, 3.63) is 65.2 Å². The Morgan fingerprint density at radius 2 is 1.65 bits per heavy atom. The Labute approximate surface area is 136 Å². The monoisotopic (exact) mass is 310 g/mol. The summed E-state index contributed by atoms with van der Waals surface area (Å²) >= 11 is 0. The highest BCUT2D eigenvalue weighted by Gasteiger charge is 2.14. The number of phenols is 1. The van der Waals surface area contributed by atoms with Crippen LogP contribution in [0.5, 0.6) is 5.75 Å². The summed E-state index contributed by atoms with van der Waals surface area (Å²) in [5.41, 5.74) is 5.43. The van der Waals surface area contributed by atoms with E-state index in [2.05, 4.69) is 31.3 Å². The second-order valence-electron chi connectivity index (χ2n) is 6.48. The number of amides is 1. The average molecular weight is 310 g/mol. The smallest absolute Gasteiger partial charge is 0.271 e. The van der Waals surface area contributed by atoms with Crippen molar-refractivity contribution in [2.75, 3.05) is 0 Å². The molecule has 0 saturated carbocycles. The number of rotatable bonds is 3. The van der Waals surface area contributed by atoms with E-state index < -0.39 is 0 Å². The molecule has 1 amide bonds. The van der Waals surface area contributed by atoms with Gasteiger partial charge in [0.1, 0.15) is 5.75 Å². The van der Waals surface area contributed by atoms with Gasteiger partial charge in [0.2, 0.25) is 0 Å². The Hall–Kier alpha value is -2.62. The zero-order valence-corrected chi connectivity index (χ0v) is 13.9. The normalized spacial score (nSPS) is 12.1. The van der Waals surface area contributed by atoms with Gasteiger partial charge >= 0.3 is 0 Å². The van der Waals surface area contributed by atoms with Crippen LogP contribution in [-0.4, -0.2) is 16.7 Å². The Balaban J connectivity index is 2.10.